The Morgan fingerprint density at radius 2 is 1.86 bits per heavy atom. The van der Waals surface area contributed by atoms with Crippen LogP contribution in [0.15, 0.2) is 24.3 Å². The normalized spacial score (nSPS) is 14.8. The molecule has 0 aromatic heterocycles. The molecule has 1 fully saturated rings. The average Bonchev–Trinajstić information content (AvgIpc) is 3.04. The Morgan fingerprint density at radius 3 is 2.45 bits per heavy atom. The van der Waals surface area contributed by atoms with Crippen molar-refractivity contribution in [2.45, 2.75) is 38.5 Å². The second-order valence-corrected chi connectivity index (χ2v) is 5.90. The SMILES string of the molecule is CN(C(N)=O)C(=O)CCc1ccc(OCC2CCCC2)cc1. The van der Waals surface area contributed by atoms with Crippen molar-refractivity contribution in [3.63, 3.8) is 0 Å². The number of hydrogen-bond donors (Lipinski definition) is 1. The van der Waals surface area contributed by atoms with Gasteiger partial charge in [0, 0.05) is 13.5 Å². The topological polar surface area (TPSA) is 72.6 Å². The summed E-state index contributed by atoms with van der Waals surface area (Å²) in [5.74, 6) is 1.30. The molecule has 2 rings (SSSR count). The van der Waals surface area contributed by atoms with Crippen LogP contribution in [0.4, 0.5) is 4.79 Å². The number of nitrogens with zero attached hydrogens (tertiary/aromatic N) is 1. The van der Waals surface area contributed by atoms with Crippen LogP contribution in [0.1, 0.15) is 37.7 Å². The van der Waals surface area contributed by atoms with E-state index in [1.807, 2.05) is 24.3 Å². The van der Waals surface area contributed by atoms with Crippen LogP contribution in [-0.4, -0.2) is 30.5 Å². The third-order valence-corrected chi connectivity index (χ3v) is 4.22. The number of imide groups is 1. The van der Waals surface area contributed by atoms with Crippen molar-refractivity contribution >= 4 is 11.9 Å². The molecule has 5 heteroatoms. The quantitative estimate of drug-likeness (QED) is 0.878. The first-order valence-corrected chi connectivity index (χ1v) is 7.84. The maximum absolute atomic E-state index is 11.7. The van der Waals surface area contributed by atoms with E-state index < -0.39 is 6.03 Å². The van der Waals surface area contributed by atoms with E-state index in [4.69, 9.17) is 10.5 Å². The van der Waals surface area contributed by atoms with E-state index in [0.717, 1.165) is 22.8 Å². The van der Waals surface area contributed by atoms with Crippen LogP contribution in [0.5, 0.6) is 5.75 Å². The van der Waals surface area contributed by atoms with Crippen LogP contribution in [0.3, 0.4) is 0 Å². The molecule has 3 amide bonds. The molecule has 0 unspecified atom stereocenters. The van der Waals surface area contributed by atoms with Gasteiger partial charge in [-0.25, -0.2) is 4.79 Å². The van der Waals surface area contributed by atoms with E-state index in [9.17, 15) is 9.59 Å². The Labute approximate surface area is 131 Å². The highest BCUT2D eigenvalue weighted by atomic mass is 16.5. The van der Waals surface area contributed by atoms with Gasteiger partial charge in [0.25, 0.3) is 0 Å². The number of rotatable bonds is 6. The lowest BCUT2D eigenvalue weighted by molar-refractivity contribution is -0.127. The molecule has 2 N–H and O–H groups in total. The lowest BCUT2D eigenvalue weighted by Gasteiger charge is -2.13. The van der Waals surface area contributed by atoms with E-state index in [2.05, 4.69) is 0 Å². The number of carbonyl (C=O) groups is 2. The lowest BCUT2D eigenvalue weighted by Crippen LogP contribution is -2.37. The minimum Gasteiger partial charge on any atom is -0.493 e. The molecular weight excluding hydrogens is 280 g/mol. The summed E-state index contributed by atoms with van der Waals surface area (Å²) >= 11 is 0. The number of nitrogens with two attached hydrogens (primary N) is 1. The van der Waals surface area contributed by atoms with Crippen molar-refractivity contribution in [3.8, 4) is 5.75 Å². The molecular formula is C17H24N2O3. The molecule has 1 aliphatic rings. The number of benzene rings is 1. The van der Waals surface area contributed by atoms with Gasteiger partial charge in [0.05, 0.1) is 6.61 Å². The third kappa shape index (κ3) is 4.76. The summed E-state index contributed by atoms with van der Waals surface area (Å²) in [5.41, 5.74) is 6.10. The maximum atomic E-state index is 11.7. The molecule has 0 aliphatic heterocycles. The van der Waals surface area contributed by atoms with Gasteiger partial charge in [0.2, 0.25) is 5.91 Å². The molecule has 0 spiro atoms. The van der Waals surface area contributed by atoms with Crippen molar-refractivity contribution in [2.75, 3.05) is 13.7 Å². The molecule has 0 radical (unpaired) electrons. The molecule has 1 saturated carbocycles. The van der Waals surface area contributed by atoms with Crippen molar-refractivity contribution in [1.29, 1.82) is 0 Å². The van der Waals surface area contributed by atoms with E-state index in [1.54, 1.807) is 0 Å². The first-order valence-electron chi connectivity index (χ1n) is 7.84. The van der Waals surface area contributed by atoms with Gasteiger partial charge in [0.1, 0.15) is 5.75 Å². The number of hydrogen-bond acceptors (Lipinski definition) is 3. The van der Waals surface area contributed by atoms with Gasteiger partial charge >= 0.3 is 6.03 Å². The van der Waals surface area contributed by atoms with E-state index >= 15 is 0 Å². The number of ether oxygens (including phenoxy) is 1. The molecule has 0 atom stereocenters. The molecule has 0 bridgehead atoms. The van der Waals surface area contributed by atoms with Crippen molar-refractivity contribution in [1.82, 2.24) is 4.90 Å². The predicted molar refractivity (Wildman–Crippen MR) is 84.6 cm³/mol. The molecule has 1 aliphatic carbocycles. The Morgan fingerprint density at radius 1 is 1.23 bits per heavy atom. The van der Waals surface area contributed by atoms with E-state index in [0.29, 0.717) is 12.3 Å². The van der Waals surface area contributed by atoms with Gasteiger partial charge in [-0.15, -0.1) is 0 Å². The Kier molecular flexibility index (Phi) is 5.81. The van der Waals surface area contributed by atoms with Crippen molar-refractivity contribution in [3.05, 3.63) is 29.8 Å². The number of aryl methyl sites for hydroxylation is 1. The van der Waals surface area contributed by atoms with Crippen LogP contribution in [-0.2, 0) is 11.2 Å². The molecule has 1 aromatic carbocycles. The van der Waals surface area contributed by atoms with E-state index in [1.165, 1.54) is 32.7 Å². The first-order chi connectivity index (χ1) is 10.6. The second-order valence-electron chi connectivity index (χ2n) is 5.90. The number of urea groups is 1. The smallest absolute Gasteiger partial charge is 0.321 e. The molecule has 0 heterocycles. The summed E-state index contributed by atoms with van der Waals surface area (Å²) in [6, 6.07) is 7.07. The maximum Gasteiger partial charge on any atom is 0.321 e. The summed E-state index contributed by atoms with van der Waals surface area (Å²) in [5, 5.41) is 0. The van der Waals surface area contributed by atoms with Crippen LogP contribution in [0, 0.1) is 5.92 Å². The molecule has 1 aromatic rings. The number of carbonyl (C=O) groups excluding carboxylic acids is 2. The van der Waals surface area contributed by atoms with Crippen LogP contribution >= 0.6 is 0 Å². The predicted octanol–water partition coefficient (Wildman–Crippen LogP) is 2.73. The van der Waals surface area contributed by atoms with Gasteiger partial charge < -0.3 is 10.5 Å². The summed E-state index contributed by atoms with van der Waals surface area (Å²) in [6.07, 6.45) is 6.03. The lowest BCUT2D eigenvalue weighted by atomic mass is 10.1. The zero-order valence-corrected chi connectivity index (χ0v) is 13.1. The van der Waals surface area contributed by atoms with Gasteiger partial charge in [-0.2, -0.15) is 0 Å². The zero-order chi connectivity index (χ0) is 15.9. The third-order valence-electron chi connectivity index (χ3n) is 4.22. The van der Waals surface area contributed by atoms with Crippen LogP contribution in [0.2, 0.25) is 0 Å². The van der Waals surface area contributed by atoms with Crippen molar-refractivity contribution < 1.29 is 14.3 Å². The summed E-state index contributed by atoms with van der Waals surface area (Å²) in [7, 11) is 1.39. The Hall–Kier alpha value is -2.04. The number of primary amides is 1. The van der Waals surface area contributed by atoms with Gasteiger partial charge in [-0.1, -0.05) is 25.0 Å². The minimum absolute atomic E-state index is 0.266. The van der Waals surface area contributed by atoms with Crippen LogP contribution < -0.4 is 10.5 Å². The fourth-order valence-corrected chi connectivity index (χ4v) is 2.69. The molecule has 22 heavy (non-hydrogen) atoms. The number of amides is 3. The van der Waals surface area contributed by atoms with Gasteiger partial charge in [-0.3, -0.25) is 9.69 Å². The van der Waals surface area contributed by atoms with Gasteiger partial charge in [0.15, 0.2) is 0 Å². The Balaban J connectivity index is 1.76. The zero-order valence-electron chi connectivity index (χ0n) is 13.1. The minimum atomic E-state index is -0.722. The summed E-state index contributed by atoms with van der Waals surface area (Å²) < 4.78 is 5.80. The highest BCUT2D eigenvalue weighted by molar-refractivity contribution is 5.93. The summed E-state index contributed by atoms with van der Waals surface area (Å²) in [4.78, 5) is 23.5. The largest absolute Gasteiger partial charge is 0.493 e. The fourth-order valence-electron chi connectivity index (χ4n) is 2.69. The average molecular weight is 304 g/mol. The monoisotopic (exact) mass is 304 g/mol. The Bertz CT molecular complexity index is 507. The second kappa shape index (κ2) is 7.82. The fraction of sp³-hybridized carbons (Fsp3) is 0.529. The molecule has 0 saturated heterocycles. The van der Waals surface area contributed by atoms with E-state index in [-0.39, 0.29) is 12.3 Å². The highest BCUT2D eigenvalue weighted by Crippen LogP contribution is 2.25. The molecule has 120 valence electrons. The van der Waals surface area contributed by atoms with Gasteiger partial charge in [-0.05, 0) is 42.9 Å². The van der Waals surface area contributed by atoms with Crippen molar-refractivity contribution in [2.24, 2.45) is 11.7 Å². The van der Waals surface area contributed by atoms with Crippen LogP contribution in [0.25, 0.3) is 0 Å². The standard InChI is InChI=1S/C17H24N2O3/c1-19(17(18)21)16(20)11-8-13-6-9-15(10-7-13)22-12-14-4-2-3-5-14/h6-7,9-10,14H,2-5,8,11-12H2,1H3,(H2,18,21). The molecule has 5 nitrogen and oxygen atoms in total. The first kappa shape index (κ1) is 16.3. The highest BCUT2D eigenvalue weighted by Gasteiger charge is 2.15. The summed E-state index contributed by atoms with van der Waals surface area (Å²) in [6.45, 7) is 0.793.